The molecule has 0 bridgehead atoms. The molecule has 1 fully saturated rings. The van der Waals surface area contributed by atoms with E-state index >= 15 is 0 Å². The molecule has 0 aromatic carbocycles. The molecule has 0 aromatic heterocycles. The number of carbonyl (C=O) groups excluding carboxylic acids is 3. The SMILES string of the molecule is CC(C)C(C)NC(=O)CCCCCN1C(=O)CC(S)C1=O. The molecule has 0 spiro atoms. The summed E-state index contributed by atoms with van der Waals surface area (Å²) in [6, 6.07) is 0.185. The standard InChI is InChI=1S/C15H26N2O3S/c1-10(2)11(3)16-13(18)7-5-4-6-8-17-14(19)9-12(21)15(17)20/h10-12,21H,4-9H2,1-3H3,(H,16,18). The molecule has 5 nitrogen and oxygen atoms in total. The fraction of sp³-hybridized carbons (Fsp3) is 0.800. The second-order valence-corrected chi connectivity index (χ2v) is 6.64. The second-order valence-electron chi connectivity index (χ2n) is 6.01. The first kappa shape index (κ1) is 18.0. The lowest BCUT2D eigenvalue weighted by molar-refractivity contribution is -0.138. The van der Waals surface area contributed by atoms with Gasteiger partial charge in [0.1, 0.15) is 0 Å². The van der Waals surface area contributed by atoms with Crippen molar-refractivity contribution in [2.45, 2.75) is 64.2 Å². The first-order chi connectivity index (χ1) is 9.82. The van der Waals surface area contributed by atoms with Crippen molar-refractivity contribution in [2.75, 3.05) is 6.54 Å². The number of likely N-dealkylation sites (tertiary alicyclic amines) is 1. The topological polar surface area (TPSA) is 66.5 Å². The van der Waals surface area contributed by atoms with Crippen molar-refractivity contribution in [2.24, 2.45) is 5.92 Å². The number of nitrogens with one attached hydrogen (secondary N) is 1. The second kappa shape index (κ2) is 8.41. The van der Waals surface area contributed by atoms with E-state index in [9.17, 15) is 14.4 Å². The molecule has 3 amide bonds. The van der Waals surface area contributed by atoms with Gasteiger partial charge in [-0.25, -0.2) is 0 Å². The van der Waals surface area contributed by atoms with Crippen LogP contribution in [0.25, 0.3) is 0 Å². The predicted octanol–water partition coefficient (Wildman–Crippen LogP) is 1.76. The summed E-state index contributed by atoms with van der Waals surface area (Å²) in [6.45, 7) is 6.59. The van der Waals surface area contributed by atoms with E-state index in [-0.39, 0.29) is 30.2 Å². The van der Waals surface area contributed by atoms with E-state index in [4.69, 9.17) is 0 Å². The maximum absolute atomic E-state index is 11.7. The number of hydrogen-bond donors (Lipinski definition) is 2. The Morgan fingerprint density at radius 3 is 2.48 bits per heavy atom. The lowest BCUT2D eigenvalue weighted by Crippen LogP contribution is -2.35. The summed E-state index contributed by atoms with van der Waals surface area (Å²) in [7, 11) is 0. The molecule has 21 heavy (non-hydrogen) atoms. The minimum atomic E-state index is -0.471. The molecule has 1 rings (SSSR count). The number of carbonyl (C=O) groups is 3. The third-order valence-electron chi connectivity index (χ3n) is 3.89. The molecule has 2 unspecified atom stereocenters. The van der Waals surface area contributed by atoms with Gasteiger partial charge in [-0.05, 0) is 25.7 Å². The molecule has 120 valence electrons. The number of amides is 3. The van der Waals surface area contributed by atoms with Crippen LogP contribution in [-0.2, 0) is 14.4 Å². The smallest absolute Gasteiger partial charge is 0.242 e. The van der Waals surface area contributed by atoms with E-state index in [0.29, 0.717) is 18.9 Å². The fourth-order valence-electron chi connectivity index (χ4n) is 2.13. The Balaban J connectivity index is 2.14. The van der Waals surface area contributed by atoms with Gasteiger partial charge in [-0.2, -0.15) is 12.6 Å². The lowest BCUT2D eigenvalue weighted by atomic mass is 10.1. The van der Waals surface area contributed by atoms with Crippen molar-refractivity contribution >= 4 is 30.4 Å². The van der Waals surface area contributed by atoms with Gasteiger partial charge >= 0.3 is 0 Å². The molecule has 1 heterocycles. The lowest BCUT2D eigenvalue weighted by Gasteiger charge is -2.17. The highest BCUT2D eigenvalue weighted by atomic mass is 32.1. The van der Waals surface area contributed by atoms with E-state index in [2.05, 4.69) is 31.8 Å². The summed E-state index contributed by atoms with van der Waals surface area (Å²) in [5.74, 6) is 0.172. The van der Waals surface area contributed by atoms with Crippen LogP contribution in [0.15, 0.2) is 0 Å². The summed E-state index contributed by atoms with van der Waals surface area (Å²) in [5, 5.41) is 2.49. The van der Waals surface area contributed by atoms with Crippen LogP contribution < -0.4 is 5.32 Å². The van der Waals surface area contributed by atoms with Gasteiger partial charge in [0.05, 0.1) is 5.25 Å². The summed E-state index contributed by atoms with van der Waals surface area (Å²) >= 11 is 4.08. The first-order valence-corrected chi connectivity index (χ1v) is 8.16. The van der Waals surface area contributed by atoms with Crippen LogP contribution in [0.5, 0.6) is 0 Å². The number of rotatable bonds is 8. The molecular weight excluding hydrogens is 288 g/mol. The Kier molecular flexibility index (Phi) is 7.22. The molecule has 0 aliphatic carbocycles. The number of imide groups is 1. The predicted molar refractivity (Wildman–Crippen MR) is 85.0 cm³/mol. The fourth-order valence-corrected chi connectivity index (χ4v) is 2.42. The van der Waals surface area contributed by atoms with E-state index in [1.807, 2.05) is 6.92 Å². The van der Waals surface area contributed by atoms with Crippen LogP contribution in [0.4, 0.5) is 0 Å². The van der Waals surface area contributed by atoms with Crippen LogP contribution in [0.2, 0.25) is 0 Å². The maximum atomic E-state index is 11.7. The summed E-state index contributed by atoms with van der Waals surface area (Å²) in [5.41, 5.74) is 0. The van der Waals surface area contributed by atoms with E-state index in [0.717, 1.165) is 19.3 Å². The third-order valence-corrected chi connectivity index (χ3v) is 4.30. The highest BCUT2D eigenvalue weighted by Crippen LogP contribution is 2.18. The van der Waals surface area contributed by atoms with Crippen LogP contribution in [0, 0.1) is 5.92 Å². The zero-order chi connectivity index (χ0) is 16.0. The Labute approximate surface area is 132 Å². The van der Waals surface area contributed by atoms with Gasteiger partial charge in [-0.1, -0.05) is 20.3 Å². The minimum absolute atomic E-state index is 0.0694. The molecule has 0 radical (unpaired) electrons. The van der Waals surface area contributed by atoms with Crippen molar-refractivity contribution in [3.63, 3.8) is 0 Å². The highest BCUT2D eigenvalue weighted by molar-refractivity contribution is 7.81. The van der Waals surface area contributed by atoms with Gasteiger partial charge in [0, 0.05) is 25.4 Å². The summed E-state index contributed by atoms with van der Waals surface area (Å²) in [4.78, 5) is 36.2. The van der Waals surface area contributed by atoms with Crippen molar-refractivity contribution < 1.29 is 14.4 Å². The average Bonchev–Trinajstić information content (AvgIpc) is 2.64. The van der Waals surface area contributed by atoms with E-state index < -0.39 is 5.25 Å². The normalized spacial score (nSPS) is 20.2. The molecule has 1 aliphatic heterocycles. The van der Waals surface area contributed by atoms with Crippen molar-refractivity contribution in [3.05, 3.63) is 0 Å². The molecule has 1 N–H and O–H groups in total. The van der Waals surface area contributed by atoms with Crippen LogP contribution in [0.3, 0.4) is 0 Å². The maximum Gasteiger partial charge on any atom is 0.242 e. The molecule has 2 atom stereocenters. The van der Waals surface area contributed by atoms with Crippen LogP contribution in [0.1, 0.15) is 52.9 Å². The molecule has 1 saturated heterocycles. The quantitative estimate of drug-likeness (QED) is 0.408. The van der Waals surface area contributed by atoms with Gasteiger partial charge in [-0.15, -0.1) is 0 Å². The highest BCUT2D eigenvalue weighted by Gasteiger charge is 2.35. The Bertz CT molecular complexity index is 398. The van der Waals surface area contributed by atoms with Gasteiger partial charge in [0.15, 0.2) is 0 Å². The van der Waals surface area contributed by atoms with Gasteiger partial charge in [-0.3, -0.25) is 19.3 Å². The Morgan fingerprint density at radius 1 is 1.29 bits per heavy atom. The first-order valence-electron chi connectivity index (χ1n) is 7.64. The zero-order valence-electron chi connectivity index (χ0n) is 13.1. The minimum Gasteiger partial charge on any atom is -0.353 e. The third kappa shape index (κ3) is 5.69. The Hall–Kier alpha value is -1.04. The summed E-state index contributed by atoms with van der Waals surface area (Å²) in [6.07, 6.45) is 3.05. The average molecular weight is 314 g/mol. The number of nitrogens with zero attached hydrogens (tertiary/aromatic N) is 1. The van der Waals surface area contributed by atoms with Gasteiger partial charge in [0.2, 0.25) is 17.7 Å². The van der Waals surface area contributed by atoms with E-state index in [1.165, 1.54) is 4.90 Å². The zero-order valence-corrected chi connectivity index (χ0v) is 14.0. The molecular formula is C15H26N2O3S. The number of thiol groups is 1. The van der Waals surface area contributed by atoms with Crippen molar-refractivity contribution in [1.82, 2.24) is 10.2 Å². The number of unbranched alkanes of at least 4 members (excludes halogenated alkanes) is 2. The van der Waals surface area contributed by atoms with Crippen LogP contribution in [-0.4, -0.2) is 40.5 Å². The van der Waals surface area contributed by atoms with Crippen molar-refractivity contribution in [1.29, 1.82) is 0 Å². The van der Waals surface area contributed by atoms with Crippen molar-refractivity contribution in [3.8, 4) is 0 Å². The largest absolute Gasteiger partial charge is 0.353 e. The number of hydrogen-bond acceptors (Lipinski definition) is 4. The van der Waals surface area contributed by atoms with E-state index in [1.54, 1.807) is 0 Å². The summed E-state index contributed by atoms with van der Waals surface area (Å²) < 4.78 is 0. The Morgan fingerprint density at radius 2 is 1.95 bits per heavy atom. The van der Waals surface area contributed by atoms with Gasteiger partial charge < -0.3 is 5.32 Å². The molecule has 0 saturated carbocycles. The monoisotopic (exact) mass is 314 g/mol. The molecule has 1 aliphatic rings. The van der Waals surface area contributed by atoms with Crippen LogP contribution >= 0.6 is 12.6 Å². The van der Waals surface area contributed by atoms with Gasteiger partial charge in [0.25, 0.3) is 0 Å². The molecule has 6 heteroatoms. The molecule has 0 aromatic rings.